The summed E-state index contributed by atoms with van der Waals surface area (Å²) in [7, 11) is 1.54. The summed E-state index contributed by atoms with van der Waals surface area (Å²) >= 11 is 0. The van der Waals surface area contributed by atoms with Gasteiger partial charge in [-0.25, -0.2) is 4.98 Å². The van der Waals surface area contributed by atoms with Gasteiger partial charge in [0.05, 0.1) is 7.11 Å². The molecule has 5 nitrogen and oxygen atoms in total. The quantitative estimate of drug-likeness (QED) is 0.791. The molecule has 0 aliphatic heterocycles. The largest absolute Gasteiger partial charge is 0.468 e. The number of hydrogen-bond donors (Lipinski definition) is 1. The zero-order chi connectivity index (χ0) is 15.1. The van der Waals surface area contributed by atoms with Crippen LogP contribution in [0.15, 0.2) is 10.9 Å². The maximum atomic E-state index is 11.9. The molecule has 1 aromatic heterocycles. The van der Waals surface area contributed by atoms with Gasteiger partial charge >= 0.3 is 0 Å². The average molecular weight is 281 g/mol. The van der Waals surface area contributed by atoms with Gasteiger partial charge in [-0.3, -0.25) is 9.36 Å². The van der Waals surface area contributed by atoms with Crippen LogP contribution in [0.2, 0.25) is 0 Å². The molecule has 0 saturated carbocycles. The Kier molecular flexibility index (Phi) is 6.71. The molecule has 0 aromatic carbocycles. The Balaban J connectivity index is 2.52. The molecule has 1 atom stereocenters. The maximum absolute atomic E-state index is 11.9. The molecule has 20 heavy (non-hydrogen) atoms. The minimum absolute atomic E-state index is 0.0639. The zero-order valence-corrected chi connectivity index (χ0v) is 13.3. The van der Waals surface area contributed by atoms with Crippen molar-refractivity contribution in [1.29, 1.82) is 0 Å². The average Bonchev–Trinajstić information content (AvgIpc) is 2.38. The summed E-state index contributed by atoms with van der Waals surface area (Å²) in [5.41, 5.74) is 0.618. The molecule has 1 N–H and O–H groups in total. The monoisotopic (exact) mass is 281 g/mol. The summed E-state index contributed by atoms with van der Waals surface area (Å²) < 4.78 is 6.73. The van der Waals surface area contributed by atoms with Crippen molar-refractivity contribution in [3.63, 3.8) is 0 Å². The second-order valence-corrected chi connectivity index (χ2v) is 5.70. The van der Waals surface area contributed by atoms with E-state index in [1.807, 2.05) is 0 Å². The van der Waals surface area contributed by atoms with Crippen molar-refractivity contribution in [2.24, 2.45) is 5.92 Å². The Morgan fingerprint density at radius 1 is 1.35 bits per heavy atom. The first-order valence-electron chi connectivity index (χ1n) is 7.30. The lowest BCUT2D eigenvalue weighted by Crippen LogP contribution is -2.33. The van der Waals surface area contributed by atoms with E-state index >= 15 is 0 Å². The Hall–Kier alpha value is -1.36. The molecule has 0 amide bonds. The van der Waals surface area contributed by atoms with Crippen molar-refractivity contribution in [2.45, 2.75) is 53.1 Å². The molecule has 0 aliphatic carbocycles. The zero-order valence-electron chi connectivity index (χ0n) is 13.3. The number of ether oxygens (including phenoxy) is 1. The fourth-order valence-corrected chi connectivity index (χ4v) is 2.06. The SMILES string of the molecule is COc1nc(C)cc(=O)n1CCNC(C)CCC(C)C. The summed E-state index contributed by atoms with van der Waals surface area (Å²) in [6.07, 6.45) is 2.36. The summed E-state index contributed by atoms with van der Waals surface area (Å²) in [5.74, 6) is 0.725. The van der Waals surface area contributed by atoms with E-state index in [4.69, 9.17) is 4.74 Å². The number of nitrogens with zero attached hydrogens (tertiary/aromatic N) is 2. The first-order chi connectivity index (χ1) is 9.43. The van der Waals surface area contributed by atoms with Crippen molar-refractivity contribution in [3.05, 3.63) is 22.1 Å². The van der Waals surface area contributed by atoms with Crippen LogP contribution in [0.25, 0.3) is 0 Å². The first-order valence-corrected chi connectivity index (χ1v) is 7.30. The van der Waals surface area contributed by atoms with Crippen LogP contribution in [0.5, 0.6) is 6.01 Å². The molecule has 0 fully saturated rings. The Morgan fingerprint density at radius 3 is 2.65 bits per heavy atom. The predicted molar refractivity (Wildman–Crippen MR) is 81.3 cm³/mol. The van der Waals surface area contributed by atoms with Gasteiger partial charge in [0.2, 0.25) is 0 Å². The fraction of sp³-hybridized carbons (Fsp3) is 0.733. The van der Waals surface area contributed by atoms with Gasteiger partial charge in [0, 0.05) is 30.9 Å². The van der Waals surface area contributed by atoms with Gasteiger partial charge < -0.3 is 10.1 Å². The number of aryl methyl sites for hydroxylation is 1. The number of aromatic nitrogens is 2. The van der Waals surface area contributed by atoms with Crippen molar-refractivity contribution in [3.8, 4) is 6.01 Å². The molecule has 0 bridgehead atoms. The molecule has 0 saturated heterocycles. The Labute approximate surface area is 121 Å². The van der Waals surface area contributed by atoms with Crippen LogP contribution in [0.3, 0.4) is 0 Å². The molecular weight excluding hydrogens is 254 g/mol. The summed E-state index contributed by atoms with van der Waals surface area (Å²) in [6, 6.07) is 2.37. The number of rotatable bonds is 8. The lowest BCUT2D eigenvalue weighted by Gasteiger charge is -2.16. The van der Waals surface area contributed by atoms with Crippen molar-refractivity contribution < 1.29 is 4.74 Å². The highest BCUT2D eigenvalue weighted by atomic mass is 16.5. The standard InChI is InChI=1S/C15H27N3O2/c1-11(2)6-7-12(3)16-8-9-18-14(19)10-13(4)17-15(18)20-5/h10-12,16H,6-9H2,1-5H3. The molecule has 1 unspecified atom stereocenters. The normalized spacial score (nSPS) is 12.7. The maximum Gasteiger partial charge on any atom is 0.299 e. The molecule has 1 rings (SSSR count). The van der Waals surface area contributed by atoms with E-state index in [-0.39, 0.29) is 5.56 Å². The van der Waals surface area contributed by atoms with Gasteiger partial charge in [0.1, 0.15) is 0 Å². The molecule has 0 spiro atoms. The molecule has 5 heteroatoms. The summed E-state index contributed by atoms with van der Waals surface area (Å²) in [5, 5.41) is 3.44. The number of nitrogens with one attached hydrogen (secondary N) is 1. The third kappa shape index (κ3) is 5.33. The molecular formula is C15H27N3O2. The molecule has 1 aromatic rings. The van der Waals surface area contributed by atoms with Crippen molar-refractivity contribution >= 4 is 0 Å². The summed E-state index contributed by atoms with van der Waals surface area (Å²) in [4.78, 5) is 16.1. The molecule has 0 radical (unpaired) electrons. The van der Waals surface area contributed by atoms with Crippen LogP contribution < -0.4 is 15.6 Å². The third-order valence-corrected chi connectivity index (χ3v) is 3.29. The second kappa shape index (κ2) is 8.04. The molecule has 114 valence electrons. The van der Waals surface area contributed by atoms with Crippen LogP contribution in [0, 0.1) is 12.8 Å². The van der Waals surface area contributed by atoms with Crippen molar-refractivity contribution in [2.75, 3.05) is 13.7 Å². The van der Waals surface area contributed by atoms with E-state index < -0.39 is 0 Å². The van der Waals surface area contributed by atoms with Gasteiger partial charge in [0.15, 0.2) is 0 Å². The minimum atomic E-state index is -0.0639. The Morgan fingerprint density at radius 2 is 2.05 bits per heavy atom. The molecule has 0 aliphatic rings. The van der Waals surface area contributed by atoms with E-state index in [9.17, 15) is 4.79 Å². The van der Waals surface area contributed by atoms with Gasteiger partial charge in [-0.1, -0.05) is 13.8 Å². The van der Waals surface area contributed by atoms with E-state index in [1.165, 1.54) is 19.6 Å². The smallest absolute Gasteiger partial charge is 0.299 e. The van der Waals surface area contributed by atoms with Crippen LogP contribution in [-0.2, 0) is 6.54 Å². The number of methoxy groups -OCH3 is 1. The van der Waals surface area contributed by atoms with E-state index in [0.29, 0.717) is 24.3 Å². The Bertz CT molecular complexity index is 469. The molecule has 1 heterocycles. The first kappa shape index (κ1) is 16.7. The lowest BCUT2D eigenvalue weighted by molar-refractivity contribution is 0.339. The lowest BCUT2D eigenvalue weighted by atomic mass is 10.0. The fourth-order valence-electron chi connectivity index (χ4n) is 2.06. The van der Waals surface area contributed by atoms with Gasteiger partial charge in [-0.2, -0.15) is 0 Å². The second-order valence-electron chi connectivity index (χ2n) is 5.70. The third-order valence-electron chi connectivity index (χ3n) is 3.29. The highest BCUT2D eigenvalue weighted by Crippen LogP contribution is 2.07. The predicted octanol–water partition coefficient (Wildman–Crippen LogP) is 1.97. The highest BCUT2D eigenvalue weighted by molar-refractivity contribution is 5.06. The van der Waals surface area contributed by atoms with Crippen molar-refractivity contribution in [1.82, 2.24) is 14.9 Å². The van der Waals surface area contributed by atoms with E-state index in [1.54, 1.807) is 11.5 Å². The van der Waals surface area contributed by atoms with Gasteiger partial charge in [-0.05, 0) is 32.6 Å². The topological polar surface area (TPSA) is 56.1 Å². The summed E-state index contributed by atoms with van der Waals surface area (Å²) in [6.45, 7) is 9.74. The van der Waals surface area contributed by atoms with Crippen LogP contribution >= 0.6 is 0 Å². The van der Waals surface area contributed by atoms with E-state index in [0.717, 1.165) is 18.9 Å². The van der Waals surface area contributed by atoms with Crippen LogP contribution in [-0.4, -0.2) is 29.2 Å². The van der Waals surface area contributed by atoms with Gasteiger partial charge in [0.25, 0.3) is 11.6 Å². The van der Waals surface area contributed by atoms with Crippen LogP contribution in [0.4, 0.5) is 0 Å². The minimum Gasteiger partial charge on any atom is -0.468 e. The van der Waals surface area contributed by atoms with E-state index in [2.05, 4.69) is 31.1 Å². The highest BCUT2D eigenvalue weighted by Gasteiger charge is 2.08. The van der Waals surface area contributed by atoms with Crippen LogP contribution in [0.1, 0.15) is 39.3 Å². The van der Waals surface area contributed by atoms with Gasteiger partial charge in [-0.15, -0.1) is 0 Å². The number of hydrogen-bond acceptors (Lipinski definition) is 4.